The quantitative estimate of drug-likeness (QED) is 0.708. The molecular weight excluding hydrogens is 252 g/mol. The zero-order chi connectivity index (χ0) is 14.2. The Morgan fingerprint density at radius 1 is 1.63 bits per heavy atom. The summed E-state index contributed by atoms with van der Waals surface area (Å²) >= 11 is 0. The van der Waals surface area contributed by atoms with Gasteiger partial charge >= 0.3 is 5.69 Å². The van der Waals surface area contributed by atoms with Crippen molar-refractivity contribution in [3.05, 3.63) is 32.6 Å². The number of nitrogens with one attached hydrogen (secondary N) is 1. The van der Waals surface area contributed by atoms with Crippen molar-refractivity contribution in [3.63, 3.8) is 0 Å². The number of nitrogens with zero attached hydrogens (tertiary/aromatic N) is 1. The molecule has 1 aliphatic heterocycles. The first-order valence-corrected chi connectivity index (χ1v) is 5.96. The van der Waals surface area contributed by atoms with E-state index < -0.39 is 29.0 Å². The molecule has 0 saturated carbocycles. The van der Waals surface area contributed by atoms with Crippen molar-refractivity contribution in [3.8, 4) is 0 Å². The van der Waals surface area contributed by atoms with Gasteiger partial charge in [-0.2, -0.15) is 0 Å². The second-order valence-electron chi connectivity index (χ2n) is 5.07. The van der Waals surface area contributed by atoms with E-state index in [-0.39, 0.29) is 13.0 Å². The maximum atomic E-state index is 11.8. The van der Waals surface area contributed by atoms with E-state index in [9.17, 15) is 19.5 Å². The number of H-pyrrole nitrogens is 1. The first kappa shape index (κ1) is 13.7. The molecule has 0 aromatic carbocycles. The van der Waals surface area contributed by atoms with Gasteiger partial charge in [0.05, 0.1) is 18.1 Å². The molecule has 1 saturated heterocycles. The van der Waals surface area contributed by atoms with Gasteiger partial charge < -0.3 is 14.6 Å². The number of aldehydes is 1. The summed E-state index contributed by atoms with van der Waals surface area (Å²) in [6.07, 6.45) is 1.08. The van der Waals surface area contributed by atoms with Crippen molar-refractivity contribution in [1.82, 2.24) is 9.55 Å². The van der Waals surface area contributed by atoms with Gasteiger partial charge in [0.15, 0.2) is 0 Å². The molecule has 0 aliphatic carbocycles. The Hall–Kier alpha value is -1.73. The number of aryl methyl sites for hydroxylation is 1. The maximum Gasteiger partial charge on any atom is 0.330 e. The molecule has 0 spiro atoms. The second kappa shape index (κ2) is 4.75. The smallest absolute Gasteiger partial charge is 0.330 e. The molecule has 1 aromatic heterocycles. The van der Waals surface area contributed by atoms with E-state index in [1.54, 1.807) is 13.8 Å². The van der Waals surface area contributed by atoms with Crippen LogP contribution >= 0.6 is 0 Å². The van der Waals surface area contributed by atoms with Crippen molar-refractivity contribution >= 4 is 6.29 Å². The van der Waals surface area contributed by atoms with E-state index >= 15 is 0 Å². The predicted octanol–water partition coefficient (Wildman–Crippen LogP) is -0.670. The Morgan fingerprint density at radius 3 is 2.84 bits per heavy atom. The van der Waals surface area contributed by atoms with Gasteiger partial charge in [0.2, 0.25) is 0 Å². The lowest BCUT2D eigenvalue weighted by atomic mass is 9.84. The van der Waals surface area contributed by atoms with Crippen LogP contribution in [0.2, 0.25) is 0 Å². The number of hydrogen-bond acceptors (Lipinski definition) is 5. The molecule has 3 atom stereocenters. The van der Waals surface area contributed by atoms with E-state index in [0.717, 1.165) is 6.29 Å². The summed E-state index contributed by atoms with van der Waals surface area (Å²) in [7, 11) is 0. The van der Waals surface area contributed by atoms with Crippen molar-refractivity contribution in [2.75, 3.05) is 6.61 Å². The van der Waals surface area contributed by atoms with Crippen LogP contribution in [0.25, 0.3) is 0 Å². The SMILES string of the molecule is Cc1cn([C@@H]2CC(C)(C=O)[C@@H](CO)O2)c(=O)[nH]c1=O. The van der Waals surface area contributed by atoms with E-state index in [2.05, 4.69) is 4.98 Å². The zero-order valence-corrected chi connectivity index (χ0v) is 10.8. The Bertz CT molecular complexity index is 605. The normalized spacial score (nSPS) is 30.5. The fourth-order valence-electron chi connectivity index (χ4n) is 2.24. The molecule has 2 N–H and O–H groups in total. The van der Waals surface area contributed by atoms with E-state index in [1.807, 2.05) is 0 Å². The van der Waals surface area contributed by atoms with E-state index in [4.69, 9.17) is 4.74 Å². The number of carbonyl (C=O) groups excluding carboxylic acids is 1. The van der Waals surface area contributed by atoms with Gasteiger partial charge in [0, 0.05) is 18.2 Å². The third kappa shape index (κ3) is 2.26. The Kier molecular flexibility index (Phi) is 3.42. The van der Waals surface area contributed by atoms with Gasteiger partial charge in [-0.25, -0.2) is 4.79 Å². The Balaban J connectivity index is 2.40. The highest BCUT2D eigenvalue weighted by Crippen LogP contribution is 2.40. The summed E-state index contributed by atoms with van der Waals surface area (Å²) in [6, 6.07) is 0. The molecule has 104 valence electrons. The maximum absolute atomic E-state index is 11.8. The molecule has 0 bridgehead atoms. The lowest BCUT2D eigenvalue weighted by Crippen LogP contribution is -2.33. The minimum Gasteiger partial charge on any atom is -0.394 e. The molecule has 7 heteroatoms. The largest absolute Gasteiger partial charge is 0.394 e. The Labute approximate surface area is 108 Å². The van der Waals surface area contributed by atoms with Gasteiger partial charge in [0.25, 0.3) is 5.56 Å². The number of ether oxygens (including phenoxy) is 1. The summed E-state index contributed by atoms with van der Waals surface area (Å²) < 4.78 is 6.78. The summed E-state index contributed by atoms with van der Waals surface area (Å²) in [5.74, 6) is 0. The van der Waals surface area contributed by atoms with E-state index in [0.29, 0.717) is 5.56 Å². The summed E-state index contributed by atoms with van der Waals surface area (Å²) in [6.45, 7) is 2.94. The molecule has 1 aliphatic rings. The highest BCUT2D eigenvalue weighted by molar-refractivity contribution is 5.60. The topological polar surface area (TPSA) is 101 Å². The lowest BCUT2D eigenvalue weighted by molar-refractivity contribution is -0.120. The molecule has 7 nitrogen and oxygen atoms in total. The van der Waals surface area contributed by atoms with Gasteiger partial charge in [-0.05, 0) is 6.92 Å². The Morgan fingerprint density at radius 2 is 2.32 bits per heavy atom. The van der Waals surface area contributed by atoms with Crippen LogP contribution in [0.15, 0.2) is 15.8 Å². The average molecular weight is 268 g/mol. The standard InChI is InChI=1S/C12H16N2O5/c1-7-4-14(11(18)13-10(7)17)9-3-12(2,6-16)8(5-15)19-9/h4,6,8-9,15H,3,5H2,1-2H3,(H,13,17,18)/t8-,9+,12?/m1/s1. The number of aromatic nitrogens is 2. The third-order valence-corrected chi connectivity index (χ3v) is 3.56. The van der Waals surface area contributed by atoms with Crippen molar-refractivity contribution in [1.29, 1.82) is 0 Å². The fourth-order valence-corrected chi connectivity index (χ4v) is 2.24. The molecule has 19 heavy (non-hydrogen) atoms. The summed E-state index contributed by atoms with van der Waals surface area (Å²) in [4.78, 5) is 36.4. The molecular formula is C12H16N2O5. The molecule has 1 fully saturated rings. The minimum absolute atomic E-state index is 0.271. The molecule has 1 unspecified atom stereocenters. The van der Waals surface area contributed by atoms with Crippen LogP contribution in [0, 0.1) is 12.3 Å². The van der Waals surface area contributed by atoms with Gasteiger partial charge in [0.1, 0.15) is 12.5 Å². The van der Waals surface area contributed by atoms with Crippen LogP contribution in [-0.2, 0) is 9.53 Å². The third-order valence-electron chi connectivity index (χ3n) is 3.56. The molecule has 0 amide bonds. The number of rotatable bonds is 3. The number of hydrogen-bond donors (Lipinski definition) is 2. The zero-order valence-electron chi connectivity index (χ0n) is 10.8. The molecule has 2 rings (SSSR count). The number of carbonyl (C=O) groups is 1. The number of aromatic amines is 1. The van der Waals surface area contributed by atoms with Crippen molar-refractivity contribution < 1.29 is 14.6 Å². The van der Waals surface area contributed by atoms with Crippen LogP contribution < -0.4 is 11.2 Å². The van der Waals surface area contributed by atoms with Gasteiger partial charge in [-0.15, -0.1) is 0 Å². The van der Waals surface area contributed by atoms with E-state index in [1.165, 1.54) is 10.8 Å². The average Bonchev–Trinajstić information content (AvgIpc) is 2.71. The van der Waals surface area contributed by atoms with Crippen LogP contribution in [-0.4, -0.2) is 33.7 Å². The predicted molar refractivity (Wildman–Crippen MR) is 65.8 cm³/mol. The monoisotopic (exact) mass is 268 g/mol. The first-order chi connectivity index (χ1) is 8.91. The summed E-state index contributed by atoms with van der Waals surface area (Å²) in [5.41, 5.74) is -1.50. The first-order valence-electron chi connectivity index (χ1n) is 5.96. The lowest BCUT2D eigenvalue weighted by Gasteiger charge is -2.20. The molecule has 0 radical (unpaired) electrons. The molecule has 1 aromatic rings. The van der Waals surface area contributed by atoms with Gasteiger partial charge in [-0.1, -0.05) is 6.92 Å². The highest BCUT2D eigenvalue weighted by Gasteiger charge is 2.45. The fraction of sp³-hybridized carbons (Fsp3) is 0.583. The molecule has 2 heterocycles. The number of aliphatic hydroxyl groups is 1. The van der Waals surface area contributed by atoms with Crippen LogP contribution in [0.1, 0.15) is 25.1 Å². The van der Waals surface area contributed by atoms with Crippen LogP contribution in [0.5, 0.6) is 0 Å². The van der Waals surface area contributed by atoms with Crippen LogP contribution in [0.4, 0.5) is 0 Å². The van der Waals surface area contributed by atoms with Crippen LogP contribution in [0.3, 0.4) is 0 Å². The second-order valence-corrected chi connectivity index (χ2v) is 5.07. The summed E-state index contributed by atoms with van der Waals surface area (Å²) in [5, 5.41) is 9.24. The highest BCUT2D eigenvalue weighted by atomic mass is 16.5. The van der Waals surface area contributed by atoms with Gasteiger partial charge in [-0.3, -0.25) is 14.3 Å². The van der Waals surface area contributed by atoms with Crippen molar-refractivity contribution in [2.24, 2.45) is 5.41 Å². The van der Waals surface area contributed by atoms with Crippen molar-refractivity contribution in [2.45, 2.75) is 32.6 Å². The minimum atomic E-state index is -0.844. The number of aliphatic hydroxyl groups excluding tert-OH is 1.